The Morgan fingerprint density at radius 1 is 1.45 bits per heavy atom. The highest BCUT2D eigenvalue weighted by Gasteiger charge is 2.20. The molecule has 7 heteroatoms. The molecule has 2 aromatic rings. The number of hydrogen-bond donors (Lipinski definition) is 2. The van der Waals surface area contributed by atoms with Crippen LogP contribution in [0.25, 0.3) is 10.9 Å². The van der Waals surface area contributed by atoms with Gasteiger partial charge in [0.2, 0.25) is 0 Å². The molecule has 6 nitrogen and oxygen atoms in total. The van der Waals surface area contributed by atoms with Gasteiger partial charge in [-0.3, -0.25) is 0 Å². The molecule has 0 radical (unpaired) electrons. The summed E-state index contributed by atoms with van der Waals surface area (Å²) in [6, 6.07) is 8.85. The van der Waals surface area contributed by atoms with Gasteiger partial charge in [-0.2, -0.15) is 0 Å². The van der Waals surface area contributed by atoms with Gasteiger partial charge in [0.15, 0.2) is 0 Å². The van der Waals surface area contributed by atoms with E-state index in [1.165, 1.54) is 6.07 Å². The highest BCUT2D eigenvalue weighted by molar-refractivity contribution is 9.09. The SMILES string of the molecule is O=[N+]([O-])c1cc2ccccc2n1C[C@H](O)CNCCBr. The van der Waals surface area contributed by atoms with Gasteiger partial charge in [-0.1, -0.05) is 34.1 Å². The molecule has 0 aliphatic heterocycles. The third-order valence-electron chi connectivity index (χ3n) is 3.02. The first-order valence-electron chi connectivity index (χ1n) is 6.31. The van der Waals surface area contributed by atoms with Crippen molar-refractivity contribution >= 4 is 32.7 Å². The number of rotatable bonds is 7. The van der Waals surface area contributed by atoms with Crippen molar-refractivity contribution in [2.24, 2.45) is 0 Å². The van der Waals surface area contributed by atoms with Crippen molar-refractivity contribution in [3.05, 3.63) is 40.4 Å². The number of hydrogen-bond acceptors (Lipinski definition) is 4. The van der Waals surface area contributed by atoms with Crippen LogP contribution in [0.2, 0.25) is 0 Å². The van der Waals surface area contributed by atoms with E-state index in [-0.39, 0.29) is 12.4 Å². The van der Waals surface area contributed by atoms with Crippen LogP contribution in [0.1, 0.15) is 0 Å². The molecular formula is C13H16BrN3O3. The Morgan fingerprint density at radius 3 is 2.90 bits per heavy atom. The van der Waals surface area contributed by atoms with Crippen molar-refractivity contribution in [2.45, 2.75) is 12.6 Å². The Kier molecular flexibility index (Phi) is 5.11. The molecule has 0 amide bonds. The van der Waals surface area contributed by atoms with E-state index in [0.717, 1.165) is 22.8 Å². The van der Waals surface area contributed by atoms with Crippen molar-refractivity contribution in [2.75, 3.05) is 18.4 Å². The molecule has 0 fully saturated rings. The summed E-state index contributed by atoms with van der Waals surface area (Å²) < 4.78 is 1.55. The fourth-order valence-corrected chi connectivity index (χ4v) is 2.43. The number of benzene rings is 1. The van der Waals surface area contributed by atoms with Gasteiger partial charge in [-0.25, -0.2) is 4.57 Å². The van der Waals surface area contributed by atoms with Crippen LogP contribution in [0.15, 0.2) is 30.3 Å². The van der Waals surface area contributed by atoms with Gasteiger partial charge in [0.25, 0.3) is 0 Å². The molecular weight excluding hydrogens is 326 g/mol. The van der Waals surface area contributed by atoms with Crippen LogP contribution in [0.5, 0.6) is 0 Å². The standard InChI is InChI=1S/C13H16BrN3O3/c14-5-6-15-8-11(18)9-16-12-4-2-1-3-10(12)7-13(16)17(19)20/h1-4,7,11,15,18H,5-6,8-9H2/t11-/m1/s1. The Bertz CT molecular complexity index is 600. The van der Waals surface area contributed by atoms with Gasteiger partial charge in [0.05, 0.1) is 0 Å². The second-order valence-corrected chi connectivity index (χ2v) is 5.27. The number of nitrogens with one attached hydrogen (secondary N) is 1. The fraction of sp³-hybridized carbons (Fsp3) is 0.385. The minimum Gasteiger partial charge on any atom is -0.388 e. The monoisotopic (exact) mass is 341 g/mol. The lowest BCUT2D eigenvalue weighted by Gasteiger charge is -2.11. The first-order valence-corrected chi connectivity index (χ1v) is 7.43. The smallest absolute Gasteiger partial charge is 0.324 e. The molecule has 0 saturated carbocycles. The zero-order valence-electron chi connectivity index (χ0n) is 10.8. The van der Waals surface area contributed by atoms with Crippen molar-refractivity contribution < 1.29 is 10.0 Å². The number of alkyl halides is 1. The van der Waals surface area contributed by atoms with Crippen LogP contribution < -0.4 is 5.32 Å². The normalized spacial score (nSPS) is 12.7. The number of para-hydroxylation sites is 1. The lowest BCUT2D eigenvalue weighted by atomic mass is 10.2. The van der Waals surface area contributed by atoms with Gasteiger partial charge in [0, 0.05) is 29.9 Å². The van der Waals surface area contributed by atoms with Gasteiger partial charge in [-0.15, -0.1) is 0 Å². The number of nitro groups is 1. The number of halogens is 1. The Balaban J connectivity index is 2.23. The van der Waals surface area contributed by atoms with Crippen molar-refractivity contribution in [3.8, 4) is 0 Å². The van der Waals surface area contributed by atoms with E-state index >= 15 is 0 Å². The molecule has 0 unspecified atom stereocenters. The van der Waals surface area contributed by atoms with Crippen molar-refractivity contribution in [1.29, 1.82) is 0 Å². The quantitative estimate of drug-likeness (QED) is 0.349. The van der Waals surface area contributed by atoms with Gasteiger partial charge in [-0.05, 0) is 11.0 Å². The highest BCUT2D eigenvalue weighted by atomic mass is 79.9. The Hall–Kier alpha value is -1.44. The number of aliphatic hydroxyl groups is 1. The molecule has 2 rings (SSSR count). The Labute approximate surface area is 124 Å². The maximum atomic E-state index is 11.1. The lowest BCUT2D eigenvalue weighted by Crippen LogP contribution is -2.31. The summed E-state index contributed by atoms with van der Waals surface area (Å²) in [6.45, 7) is 1.33. The number of aromatic nitrogens is 1. The molecule has 0 spiro atoms. The van der Waals surface area contributed by atoms with Crippen LogP contribution in [0, 0.1) is 10.1 Å². The van der Waals surface area contributed by atoms with Gasteiger partial charge < -0.3 is 20.5 Å². The molecule has 20 heavy (non-hydrogen) atoms. The first kappa shape index (κ1) is 15.0. The summed E-state index contributed by atoms with van der Waals surface area (Å²) in [6.07, 6.45) is -0.677. The van der Waals surface area contributed by atoms with E-state index in [1.54, 1.807) is 4.57 Å². The van der Waals surface area contributed by atoms with E-state index in [1.807, 2.05) is 24.3 Å². The average molecular weight is 342 g/mol. The van der Waals surface area contributed by atoms with Crippen LogP contribution in [0.3, 0.4) is 0 Å². The van der Waals surface area contributed by atoms with E-state index in [0.29, 0.717) is 6.54 Å². The fourth-order valence-electron chi connectivity index (χ4n) is 2.15. The molecule has 1 aromatic carbocycles. The third-order valence-corrected chi connectivity index (χ3v) is 3.42. The number of nitrogens with zero attached hydrogens (tertiary/aromatic N) is 2. The van der Waals surface area contributed by atoms with Crippen LogP contribution in [0.4, 0.5) is 5.82 Å². The second kappa shape index (κ2) is 6.83. The summed E-state index contributed by atoms with van der Waals surface area (Å²) >= 11 is 3.28. The van der Waals surface area contributed by atoms with Crippen molar-refractivity contribution in [3.63, 3.8) is 0 Å². The molecule has 1 atom stereocenters. The molecule has 0 bridgehead atoms. The Morgan fingerprint density at radius 2 is 2.20 bits per heavy atom. The zero-order chi connectivity index (χ0) is 14.5. The van der Waals surface area contributed by atoms with Crippen LogP contribution >= 0.6 is 15.9 Å². The number of fused-ring (bicyclic) bond motifs is 1. The lowest BCUT2D eigenvalue weighted by molar-refractivity contribution is -0.392. The highest BCUT2D eigenvalue weighted by Crippen LogP contribution is 2.25. The van der Waals surface area contributed by atoms with E-state index in [2.05, 4.69) is 21.2 Å². The second-order valence-electron chi connectivity index (χ2n) is 4.48. The number of aliphatic hydroxyl groups excluding tert-OH is 1. The summed E-state index contributed by atoms with van der Waals surface area (Å²) in [5.41, 5.74) is 0.763. The molecule has 1 heterocycles. The third kappa shape index (κ3) is 3.36. The maximum absolute atomic E-state index is 11.1. The minimum atomic E-state index is -0.677. The zero-order valence-corrected chi connectivity index (χ0v) is 12.4. The topological polar surface area (TPSA) is 80.3 Å². The minimum absolute atomic E-state index is 0.00532. The predicted molar refractivity (Wildman–Crippen MR) is 81.3 cm³/mol. The molecule has 0 aliphatic rings. The summed E-state index contributed by atoms with van der Waals surface area (Å²) in [7, 11) is 0. The van der Waals surface area contributed by atoms with E-state index in [4.69, 9.17) is 0 Å². The first-order chi connectivity index (χ1) is 9.63. The van der Waals surface area contributed by atoms with Crippen molar-refractivity contribution in [1.82, 2.24) is 9.88 Å². The van der Waals surface area contributed by atoms with E-state index < -0.39 is 11.0 Å². The van der Waals surface area contributed by atoms with Gasteiger partial charge >= 0.3 is 5.82 Å². The van der Waals surface area contributed by atoms with Crippen LogP contribution in [-0.2, 0) is 6.54 Å². The molecule has 1 aromatic heterocycles. The molecule has 2 N–H and O–H groups in total. The summed E-state index contributed by atoms with van der Waals surface area (Å²) in [5.74, 6) is 0.00532. The predicted octanol–water partition coefficient (Wildman–Crippen LogP) is 1.89. The van der Waals surface area contributed by atoms with Crippen LogP contribution in [-0.4, -0.2) is 39.1 Å². The molecule has 0 aliphatic carbocycles. The van der Waals surface area contributed by atoms with E-state index in [9.17, 15) is 15.2 Å². The molecule has 108 valence electrons. The maximum Gasteiger partial charge on any atom is 0.324 e. The average Bonchev–Trinajstić information content (AvgIpc) is 2.78. The molecule has 0 saturated heterocycles. The van der Waals surface area contributed by atoms with Gasteiger partial charge in [0.1, 0.15) is 18.2 Å². The largest absolute Gasteiger partial charge is 0.388 e. The summed E-state index contributed by atoms with van der Waals surface area (Å²) in [4.78, 5) is 10.7. The summed E-state index contributed by atoms with van der Waals surface area (Å²) in [5, 5.41) is 25.8.